The third kappa shape index (κ3) is 5.57. The molecule has 13 heteroatoms. The summed E-state index contributed by atoms with van der Waals surface area (Å²) in [7, 11) is 7.74. The van der Waals surface area contributed by atoms with E-state index >= 15 is 0 Å². The molecule has 0 unspecified atom stereocenters. The monoisotopic (exact) mass is 594 g/mol. The van der Waals surface area contributed by atoms with Gasteiger partial charge in [-0.2, -0.15) is 28.1 Å². The van der Waals surface area contributed by atoms with Crippen LogP contribution in [0.3, 0.4) is 0 Å². The van der Waals surface area contributed by atoms with Crippen LogP contribution in [0.25, 0.3) is 39.7 Å². The molecule has 3 heterocycles. The smallest absolute Gasteiger partial charge is 0.433 e. The normalized spacial score (nSPS) is 11.5. The maximum atomic E-state index is 14.2. The first kappa shape index (κ1) is 29.4. The van der Waals surface area contributed by atoms with Gasteiger partial charge in [-0.3, -0.25) is 4.68 Å². The molecule has 0 N–H and O–H groups in total. The van der Waals surface area contributed by atoms with Crippen molar-refractivity contribution in [3.8, 4) is 62.7 Å². The van der Waals surface area contributed by atoms with Gasteiger partial charge in [-0.1, -0.05) is 6.92 Å². The number of benzene rings is 2. The molecular weight excluding hydrogens is 565 g/mol. The molecule has 10 nitrogen and oxygen atoms in total. The zero-order chi connectivity index (χ0) is 30.9. The largest absolute Gasteiger partial charge is 0.493 e. The van der Waals surface area contributed by atoms with Crippen LogP contribution in [0.5, 0.6) is 23.0 Å². The van der Waals surface area contributed by atoms with Gasteiger partial charge in [0.15, 0.2) is 28.7 Å². The first-order valence-corrected chi connectivity index (χ1v) is 13.1. The zero-order valence-corrected chi connectivity index (χ0v) is 24.4. The summed E-state index contributed by atoms with van der Waals surface area (Å²) >= 11 is 0. The number of aryl methyl sites for hydroxylation is 1. The number of methoxy groups -OCH3 is 4. The van der Waals surface area contributed by atoms with Crippen LogP contribution in [-0.4, -0.2) is 58.0 Å². The quantitative estimate of drug-likeness (QED) is 0.205. The average molecular weight is 595 g/mol. The van der Waals surface area contributed by atoms with E-state index in [1.807, 2.05) is 6.92 Å². The highest BCUT2D eigenvalue weighted by atomic mass is 19.4. The Kier molecular flexibility index (Phi) is 7.98. The highest BCUT2D eigenvalue weighted by Gasteiger charge is 2.35. The summed E-state index contributed by atoms with van der Waals surface area (Å²) in [6, 6.07) is 11.4. The van der Waals surface area contributed by atoms with Crippen molar-refractivity contribution in [2.75, 3.05) is 28.4 Å². The van der Waals surface area contributed by atoms with Crippen molar-refractivity contribution in [1.29, 1.82) is 0 Å². The van der Waals surface area contributed by atoms with Crippen molar-refractivity contribution < 1.29 is 32.1 Å². The molecule has 0 amide bonds. The molecule has 0 bridgehead atoms. The molecule has 0 aliphatic carbocycles. The minimum absolute atomic E-state index is 0.0462. The van der Waals surface area contributed by atoms with Gasteiger partial charge in [0.25, 0.3) is 5.95 Å². The number of ether oxygens (including phenoxy) is 4. The summed E-state index contributed by atoms with van der Waals surface area (Å²) in [4.78, 5) is 8.49. The average Bonchev–Trinajstić information content (AvgIpc) is 3.63. The van der Waals surface area contributed by atoms with Crippen molar-refractivity contribution in [2.45, 2.75) is 19.5 Å². The lowest BCUT2D eigenvalue weighted by Gasteiger charge is -2.14. The minimum Gasteiger partial charge on any atom is -0.493 e. The molecule has 2 aromatic carbocycles. The third-order valence-corrected chi connectivity index (χ3v) is 6.85. The van der Waals surface area contributed by atoms with Crippen LogP contribution in [0, 0.1) is 0 Å². The highest BCUT2D eigenvalue weighted by molar-refractivity contribution is 5.78. The first-order valence-electron chi connectivity index (χ1n) is 13.1. The van der Waals surface area contributed by atoms with E-state index < -0.39 is 11.9 Å². The van der Waals surface area contributed by atoms with Crippen LogP contribution in [-0.2, 0) is 19.6 Å². The van der Waals surface area contributed by atoms with Crippen LogP contribution in [0.4, 0.5) is 13.2 Å². The lowest BCUT2D eigenvalue weighted by atomic mass is 9.99. The number of nitrogens with zero attached hydrogens (tertiary/aromatic N) is 6. The van der Waals surface area contributed by atoms with Gasteiger partial charge in [0, 0.05) is 35.5 Å². The molecule has 0 radical (unpaired) electrons. The van der Waals surface area contributed by atoms with Crippen molar-refractivity contribution in [1.82, 2.24) is 29.5 Å². The summed E-state index contributed by atoms with van der Waals surface area (Å²) in [5.41, 5.74) is 2.34. The van der Waals surface area contributed by atoms with Gasteiger partial charge < -0.3 is 18.9 Å². The van der Waals surface area contributed by atoms with Gasteiger partial charge in [0.2, 0.25) is 0 Å². The molecule has 0 saturated heterocycles. The fraction of sp³-hybridized carbons (Fsp3) is 0.267. The molecule has 5 rings (SSSR count). The number of hydrogen-bond acceptors (Lipinski definition) is 8. The van der Waals surface area contributed by atoms with Gasteiger partial charge in [-0.15, -0.1) is 0 Å². The van der Waals surface area contributed by atoms with Gasteiger partial charge in [0.05, 0.1) is 51.7 Å². The summed E-state index contributed by atoms with van der Waals surface area (Å²) in [6.07, 6.45) is -1.25. The Morgan fingerprint density at radius 3 is 1.91 bits per heavy atom. The Balaban J connectivity index is 1.84. The van der Waals surface area contributed by atoms with E-state index in [0.717, 1.165) is 11.6 Å². The minimum atomic E-state index is -4.74. The fourth-order valence-corrected chi connectivity index (χ4v) is 4.80. The van der Waals surface area contributed by atoms with Crippen LogP contribution >= 0.6 is 0 Å². The van der Waals surface area contributed by atoms with E-state index in [-0.39, 0.29) is 11.6 Å². The molecule has 0 saturated carbocycles. The summed E-state index contributed by atoms with van der Waals surface area (Å²) in [6.45, 7) is 1.93. The molecular formula is C30H29F3N6O4. The molecule has 0 atom stereocenters. The number of aromatic nitrogens is 6. The second-order valence-corrected chi connectivity index (χ2v) is 9.42. The van der Waals surface area contributed by atoms with E-state index in [2.05, 4.69) is 15.1 Å². The fourth-order valence-electron chi connectivity index (χ4n) is 4.80. The maximum absolute atomic E-state index is 14.2. The van der Waals surface area contributed by atoms with Crippen LogP contribution < -0.4 is 18.9 Å². The van der Waals surface area contributed by atoms with E-state index in [1.165, 1.54) is 44.0 Å². The molecule has 0 fully saturated rings. The Labute approximate surface area is 245 Å². The molecule has 43 heavy (non-hydrogen) atoms. The molecule has 0 aliphatic rings. The lowest BCUT2D eigenvalue weighted by molar-refractivity contribution is -0.141. The Hall–Kier alpha value is -5.07. The Morgan fingerprint density at radius 1 is 0.767 bits per heavy atom. The third-order valence-electron chi connectivity index (χ3n) is 6.85. The second kappa shape index (κ2) is 11.7. The van der Waals surface area contributed by atoms with Crippen molar-refractivity contribution in [2.24, 2.45) is 7.05 Å². The SMILES string of the molecule is CCc1c(-c2ccc(OC)c(OC)c2)nn(-c2nc(-c3cnn(C)c3)cc(C(F)(F)F)n2)c1-c1ccc(OC)c(OC)c1. The van der Waals surface area contributed by atoms with Gasteiger partial charge >= 0.3 is 6.18 Å². The highest BCUT2D eigenvalue weighted by Crippen LogP contribution is 2.41. The first-order chi connectivity index (χ1) is 20.6. The summed E-state index contributed by atoms with van der Waals surface area (Å²) < 4.78 is 67.1. The standard InChI is InChI=1S/C30H29F3N6O4/c1-7-20-27(17-8-10-22(40-3)24(12-17)42-5)37-39(28(20)18-9-11-23(41-4)25(13-18)43-6)29-35-21(19-15-34-38(2)16-19)14-26(36-29)30(31,32)33/h8-16H,7H2,1-6H3. The summed E-state index contributed by atoms with van der Waals surface area (Å²) in [5, 5.41) is 8.92. The van der Waals surface area contributed by atoms with Crippen molar-refractivity contribution in [3.05, 3.63) is 66.1 Å². The number of hydrogen-bond donors (Lipinski definition) is 0. The van der Waals surface area contributed by atoms with Crippen LogP contribution in [0.15, 0.2) is 54.9 Å². The van der Waals surface area contributed by atoms with E-state index in [1.54, 1.807) is 49.6 Å². The predicted octanol–water partition coefficient (Wildman–Crippen LogP) is 6.01. The number of halogens is 3. The van der Waals surface area contributed by atoms with Gasteiger partial charge in [-0.25, -0.2) is 9.97 Å². The van der Waals surface area contributed by atoms with Crippen LogP contribution in [0.1, 0.15) is 18.2 Å². The van der Waals surface area contributed by atoms with Gasteiger partial charge in [-0.05, 0) is 48.9 Å². The second-order valence-electron chi connectivity index (χ2n) is 9.42. The molecule has 0 aliphatic heterocycles. The van der Waals surface area contributed by atoms with Crippen molar-refractivity contribution in [3.63, 3.8) is 0 Å². The van der Waals surface area contributed by atoms with E-state index in [9.17, 15) is 13.2 Å². The molecule has 3 aromatic heterocycles. The molecule has 5 aromatic rings. The maximum Gasteiger partial charge on any atom is 0.433 e. The van der Waals surface area contributed by atoms with Crippen LogP contribution in [0.2, 0.25) is 0 Å². The zero-order valence-electron chi connectivity index (χ0n) is 24.4. The molecule has 224 valence electrons. The predicted molar refractivity (Wildman–Crippen MR) is 153 cm³/mol. The lowest BCUT2D eigenvalue weighted by Crippen LogP contribution is -2.14. The topological polar surface area (TPSA) is 98.3 Å². The Morgan fingerprint density at radius 2 is 1.37 bits per heavy atom. The number of rotatable bonds is 9. The summed E-state index contributed by atoms with van der Waals surface area (Å²) in [5.74, 6) is 1.65. The molecule has 0 spiro atoms. The van der Waals surface area contributed by atoms with Crippen molar-refractivity contribution >= 4 is 0 Å². The van der Waals surface area contributed by atoms with E-state index in [4.69, 9.17) is 24.0 Å². The Bertz CT molecular complexity index is 1780. The van der Waals surface area contributed by atoms with Gasteiger partial charge in [0.1, 0.15) is 0 Å². The number of alkyl halides is 3. The van der Waals surface area contributed by atoms with E-state index in [0.29, 0.717) is 57.5 Å².